The van der Waals surface area contributed by atoms with Gasteiger partial charge in [0, 0.05) is 6.61 Å². The van der Waals surface area contributed by atoms with Crippen molar-refractivity contribution in [2.24, 2.45) is 0 Å². The van der Waals surface area contributed by atoms with Gasteiger partial charge in [0.1, 0.15) is 12.2 Å². The van der Waals surface area contributed by atoms with Gasteiger partial charge in [-0.05, 0) is 70.6 Å². The predicted octanol–water partition coefficient (Wildman–Crippen LogP) is 9.35. The Kier molecular flexibility index (Phi) is 34.3. The van der Waals surface area contributed by atoms with E-state index >= 15 is 0 Å². The van der Waals surface area contributed by atoms with Crippen LogP contribution in [0.15, 0.2) is 97.2 Å². The van der Waals surface area contributed by atoms with E-state index in [4.69, 9.17) is 23.6 Å². The summed E-state index contributed by atoms with van der Waals surface area (Å²) in [6.45, 7) is 3.05. The highest BCUT2D eigenvalue weighted by atomic mass is 31.2. The van der Waals surface area contributed by atoms with E-state index < -0.39 is 45.8 Å². The van der Waals surface area contributed by atoms with Crippen molar-refractivity contribution in [3.63, 3.8) is 0 Å². The van der Waals surface area contributed by atoms with Gasteiger partial charge < -0.3 is 24.6 Å². The van der Waals surface area contributed by atoms with Crippen LogP contribution in [0, 0.1) is 0 Å². The van der Waals surface area contributed by atoms with Crippen LogP contribution in [0.1, 0.15) is 104 Å². The van der Waals surface area contributed by atoms with E-state index in [1.165, 1.54) is 0 Å². The van der Waals surface area contributed by atoms with Crippen LogP contribution in [0.5, 0.6) is 0 Å². The molecule has 3 atom stereocenters. The van der Waals surface area contributed by atoms with Gasteiger partial charge in [-0.25, -0.2) is 4.57 Å². The Morgan fingerprint density at radius 2 is 1.08 bits per heavy atom. The molecular formula is C40H65O9P. The van der Waals surface area contributed by atoms with Crippen LogP contribution in [-0.4, -0.2) is 66.3 Å². The first kappa shape index (κ1) is 47.4. The Labute approximate surface area is 302 Å². The molecule has 0 fully saturated rings. The number of ether oxygens (including phenoxy) is 2. The van der Waals surface area contributed by atoms with Crippen LogP contribution < -0.4 is 0 Å². The zero-order chi connectivity index (χ0) is 36.8. The molecule has 0 aromatic heterocycles. The number of rotatable bonds is 33. The summed E-state index contributed by atoms with van der Waals surface area (Å²) in [5.74, 6) is -0.523. The Bertz CT molecular complexity index is 1090. The van der Waals surface area contributed by atoms with Gasteiger partial charge in [-0.1, -0.05) is 124 Å². The highest BCUT2D eigenvalue weighted by Crippen LogP contribution is 2.43. The van der Waals surface area contributed by atoms with Crippen LogP contribution in [-0.2, 0) is 27.9 Å². The summed E-state index contributed by atoms with van der Waals surface area (Å²) >= 11 is 0. The van der Waals surface area contributed by atoms with E-state index in [-0.39, 0.29) is 13.0 Å². The van der Waals surface area contributed by atoms with Crippen molar-refractivity contribution < 1.29 is 43.0 Å². The lowest BCUT2D eigenvalue weighted by Gasteiger charge is -2.20. The lowest BCUT2D eigenvalue weighted by Crippen LogP contribution is -2.28. The molecule has 3 N–H and O–H groups in total. The maximum Gasteiger partial charge on any atom is 0.472 e. The number of unbranched alkanes of at least 4 members (excludes halogenated alkanes) is 4. The molecule has 0 heterocycles. The average Bonchev–Trinajstić information content (AvgIpc) is 3.10. The third kappa shape index (κ3) is 35.2. The van der Waals surface area contributed by atoms with E-state index in [1.807, 2.05) is 12.2 Å². The number of esters is 1. The molecule has 3 unspecified atom stereocenters. The first-order valence-electron chi connectivity index (χ1n) is 18.2. The van der Waals surface area contributed by atoms with Crippen molar-refractivity contribution in [3.05, 3.63) is 97.2 Å². The van der Waals surface area contributed by atoms with E-state index in [2.05, 4.69) is 92.8 Å². The van der Waals surface area contributed by atoms with E-state index in [0.29, 0.717) is 13.0 Å². The summed E-state index contributed by atoms with van der Waals surface area (Å²) in [6.07, 6.45) is 44.0. The van der Waals surface area contributed by atoms with Crippen molar-refractivity contribution >= 4 is 13.8 Å². The summed E-state index contributed by atoms with van der Waals surface area (Å²) in [4.78, 5) is 22.4. The fourth-order valence-electron chi connectivity index (χ4n) is 4.09. The third-order valence-corrected chi connectivity index (χ3v) is 7.75. The molecule has 0 bridgehead atoms. The minimum Gasteiger partial charge on any atom is -0.457 e. The summed E-state index contributed by atoms with van der Waals surface area (Å²) in [5.41, 5.74) is 0. The summed E-state index contributed by atoms with van der Waals surface area (Å²) in [6, 6.07) is 0. The molecule has 284 valence electrons. The number of phosphoric ester groups is 1. The van der Waals surface area contributed by atoms with E-state index in [0.717, 1.165) is 77.0 Å². The Balaban J connectivity index is 4.48. The molecule has 0 aliphatic heterocycles. The van der Waals surface area contributed by atoms with Crippen LogP contribution in [0.2, 0.25) is 0 Å². The van der Waals surface area contributed by atoms with Gasteiger partial charge in [0.05, 0.1) is 32.8 Å². The van der Waals surface area contributed by atoms with E-state index in [1.54, 1.807) is 6.08 Å². The second-order valence-corrected chi connectivity index (χ2v) is 12.9. The molecule has 0 aliphatic carbocycles. The SMILES string of the molecule is CC/C=C\C/C=C\C/C=C\C/C=C\C/C=C\CC(=O)OC(COCCCCCC/C=C\C/C=C\C/C=C\CC)COP(=O)(O)OCC(O)CO. The van der Waals surface area contributed by atoms with Gasteiger partial charge in [-0.3, -0.25) is 13.8 Å². The van der Waals surface area contributed by atoms with E-state index in [9.17, 15) is 19.4 Å². The molecule has 0 spiro atoms. The first-order valence-corrected chi connectivity index (χ1v) is 19.7. The van der Waals surface area contributed by atoms with Crippen molar-refractivity contribution in [2.45, 2.75) is 116 Å². The summed E-state index contributed by atoms with van der Waals surface area (Å²) in [5, 5.41) is 18.3. The monoisotopic (exact) mass is 720 g/mol. The summed E-state index contributed by atoms with van der Waals surface area (Å²) < 4.78 is 33.0. The standard InChI is InChI=1S/C40H65O9P/c1-3-5-7-9-11-13-15-17-19-20-22-24-26-28-30-32-40(43)49-39(37-48-50(44,45)47-35-38(42)34-41)36-46-33-31-29-27-25-23-21-18-16-14-12-10-8-6-4-2/h5-8,11-14,17-19,21-22,24,28,30,38-39,41-42H,3-4,9-10,15-16,20,23,25-27,29,31-37H2,1-2H3,(H,44,45)/b7-5-,8-6-,13-11-,14-12-,19-17-,21-18-,24-22-,30-28-. The predicted molar refractivity (Wildman–Crippen MR) is 205 cm³/mol. The molecule has 0 rings (SSSR count). The molecule has 0 aliphatic rings. The van der Waals surface area contributed by atoms with Gasteiger partial charge in [0.2, 0.25) is 0 Å². The average molecular weight is 721 g/mol. The number of phosphoric acid groups is 1. The molecule has 0 amide bonds. The smallest absolute Gasteiger partial charge is 0.457 e. The van der Waals surface area contributed by atoms with Gasteiger partial charge in [0.15, 0.2) is 0 Å². The molecule has 9 nitrogen and oxygen atoms in total. The zero-order valence-corrected chi connectivity index (χ0v) is 31.5. The molecule has 0 aromatic rings. The molecule has 0 aromatic carbocycles. The molecule has 0 radical (unpaired) electrons. The van der Waals surface area contributed by atoms with Gasteiger partial charge in [-0.15, -0.1) is 0 Å². The highest BCUT2D eigenvalue weighted by molar-refractivity contribution is 7.47. The van der Waals surface area contributed by atoms with Crippen molar-refractivity contribution in [3.8, 4) is 0 Å². The molecule has 10 heteroatoms. The van der Waals surface area contributed by atoms with Gasteiger partial charge in [0.25, 0.3) is 0 Å². The van der Waals surface area contributed by atoms with Crippen molar-refractivity contribution in [2.75, 3.05) is 33.0 Å². The normalized spacial score (nSPS) is 15.4. The van der Waals surface area contributed by atoms with Crippen LogP contribution in [0.3, 0.4) is 0 Å². The number of hydrogen-bond donors (Lipinski definition) is 3. The second-order valence-electron chi connectivity index (χ2n) is 11.5. The maximum atomic E-state index is 12.5. The Hall–Kier alpha value is -2.62. The minimum absolute atomic E-state index is 0.0127. The van der Waals surface area contributed by atoms with Crippen molar-refractivity contribution in [1.29, 1.82) is 0 Å². The third-order valence-electron chi connectivity index (χ3n) is 6.80. The lowest BCUT2D eigenvalue weighted by molar-refractivity contribution is -0.153. The van der Waals surface area contributed by atoms with Crippen LogP contribution in [0.4, 0.5) is 0 Å². The lowest BCUT2D eigenvalue weighted by atomic mass is 10.1. The second kappa shape index (κ2) is 36.2. The first-order chi connectivity index (χ1) is 24.3. The molecule has 0 saturated heterocycles. The number of carbonyl (C=O) groups is 1. The fourth-order valence-corrected chi connectivity index (χ4v) is 4.88. The van der Waals surface area contributed by atoms with Gasteiger partial charge in [-0.2, -0.15) is 0 Å². The van der Waals surface area contributed by atoms with Crippen LogP contribution >= 0.6 is 7.82 Å². The molecule has 0 saturated carbocycles. The Morgan fingerprint density at radius 3 is 1.60 bits per heavy atom. The van der Waals surface area contributed by atoms with Crippen LogP contribution in [0.25, 0.3) is 0 Å². The number of carbonyl (C=O) groups excluding carboxylic acids is 1. The zero-order valence-electron chi connectivity index (χ0n) is 30.6. The van der Waals surface area contributed by atoms with Crippen molar-refractivity contribution in [1.82, 2.24) is 0 Å². The number of allylic oxidation sites excluding steroid dienone is 15. The quantitative estimate of drug-likeness (QED) is 0.0263. The number of aliphatic hydroxyl groups excluding tert-OH is 2. The minimum atomic E-state index is -4.55. The summed E-state index contributed by atoms with van der Waals surface area (Å²) in [7, 11) is -4.55. The van der Waals surface area contributed by atoms with Gasteiger partial charge >= 0.3 is 13.8 Å². The molecule has 50 heavy (non-hydrogen) atoms. The Morgan fingerprint density at radius 1 is 0.620 bits per heavy atom. The largest absolute Gasteiger partial charge is 0.472 e. The number of aliphatic hydroxyl groups is 2. The fraction of sp³-hybridized carbons (Fsp3) is 0.575. The topological polar surface area (TPSA) is 132 Å². The number of hydrogen-bond acceptors (Lipinski definition) is 8. The molecular weight excluding hydrogens is 655 g/mol. The maximum absolute atomic E-state index is 12.5. The highest BCUT2D eigenvalue weighted by Gasteiger charge is 2.26.